The van der Waals surface area contributed by atoms with E-state index in [1.807, 2.05) is 0 Å². The van der Waals surface area contributed by atoms with Crippen molar-refractivity contribution in [2.45, 2.75) is 46.5 Å². The van der Waals surface area contributed by atoms with E-state index in [0.717, 1.165) is 43.5 Å². The molecule has 0 aliphatic carbocycles. The van der Waals surface area contributed by atoms with Gasteiger partial charge in [-0.1, -0.05) is 13.8 Å². The van der Waals surface area contributed by atoms with Crippen molar-refractivity contribution in [2.75, 3.05) is 31.1 Å². The topological polar surface area (TPSA) is 41.1 Å². The molecule has 0 saturated carbocycles. The Labute approximate surface area is 116 Å². The average Bonchev–Trinajstić information content (AvgIpc) is 2.89. The lowest BCUT2D eigenvalue weighted by atomic mass is 9.98. The number of aryl methyl sites for hydroxylation is 2. The normalized spacial score (nSPS) is 16.9. The molecule has 0 bridgehead atoms. The summed E-state index contributed by atoms with van der Waals surface area (Å²) in [5.41, 5.74) is 3.59. The molecular weight excluding hydrogens is 236 g/mol. The highest BCUT2D eigenvalue weighted by Crippen LogP contribution is 2.24. The molecule has 2 heterocycles. The van der Waals surface area contributed by atoms with Gasteiger partial charge < -0.3 is 10.2 Å². The van der Waals surface area contributed by atoms with Crippen LogP contribution < -0.4 is 10.2 Å². The third-order valence-corrected chi connectivity index (χ3v) is 3.90. The number of nitrogens with zero attached hydrogens (tertiary/aromatic N) is 3. The predicted octanol–water partition coefficient (Wildman–Crippen LogP) is 2.41. The zero-order valence-corrected chi connectivity index (χ0v) is 12.7. The van der Waals surface area contributed by atoms with E-state index in [-0.39, 0.29) is 0 Å². The van der Waals surface area contributed by atoms with Gasteiger partial charge in [0, 0.05) is 31.0 Å². The number of nitrogens with one attached hydrogen (secondary N) is 1. The maximum absolute atomic E-state index is 4.73. The molecule has 1 unspecified atom stereocenters. The summed E-state index contributed by atoms with van der Waals surface area (Å²) < 4.78 is 0. The van der Waals surface area contributed by atoms with Crippen molar-refractivity contribution in [1.29, 1.82) is 0 Å². The van der Waals surface area contributed by atoms with Gasteiger partial charge in [-0.3, -0.25) is 0 Å². The van der Waals surface area contributed by atoms with Crippen LogP contribution >= 0.6 is 0 Å². The maximum atomic E-state index is 4.73. The summed E-state index contributed by atoms with van der Waals surface area (Å²) in [4.78, 5) is 11.8. The van der Waals surface area contributed by atoms with Crippen LogP contribution in [0, 0.1) is 13.8 Å². The van der Waals surface area contributed by atoms with E-state index in [2.05, 4.69) is 37.9 Å². The highest BCUT2D eigenvalue weighted by atomic mass is 15.3. The Morgan fingerprint density at radius 1 is 1.16 bits per heavy atom. The molecule has 1 aliphatic rings. The van der Waals surface area contributed by atoms with Crippen molar-refractivity contribution in [3.63, 3.8) is 0 Å². The monoisotopic (exact) mass is 262 g/mol. The first kappa shape index (κ1) is 14.3. The second-order valence-electron chi connectivity index (χ2n) is 5.51. The highest BCUT2D eigenvalue weighted by molar-refractivity contribution is 5.38. The number of anilines is 1. The molecule has 19 heavy (non-hydrogen) atoms. The Balaban J connectivity index is 2.21. The molecular formula is C15H26N4. The van der Waals surface area contributed by atoms with Gasteiger partial charge in [0.15, 0.2) is 0 Å². The van der Waals surface area contributed by atoms with Gasteiger partial charge >= 0.3 is 0 Å². The minimum Gasteiger partial charge on any atom is -0.341 e. The Hall–Kier alpha value is -1.16. The molecule has 0 amide bonds. The van der Waals surface area contributed by atoms with E-state index in [1.54, 1.807) is 0 Å². The molecule has 1 aliphatic heterocycles. The van der Waals surface area contributed by atoms with Gasteiger partial charge in [0.05, 0.1) is 0 Å². The molecule has 0 spiro atoms. The molecule has 1 fully saturated rings. The third-order valence-electron chi connectivity index (χ3n) is 3.90. The molecule has 106 valence electrons. The van der Waals surface area contributed by atoms with Gasteiger partial charge in [-0.05, 0) is 44.7 Å². The smallest absolute Gasteiger partial charge is 0.225 e. The lowest BCUT2D eigenvalue weighted by Gasteiger charge is -2.21. The van der Waals surface area contributed by atoms with Crippen molar-refractivity contribution in [1.82, 2.24) is 15.3 Å². The van der Waals surface area contributed by atoms with Crippen LogP contribution in [-0.2, 0) is 0 Å². The first-order valence-corrected chi connectivity index (χ1v) is 7.44. The van der Waals surface area contributed by atoms with Crippen molar-refractivity contribution in [2.24, 2.45) is 0 Å². The summed E-state index contributed by atoms with van der Waals surface area (Å²) in [5, 5.41) is 3.40. The van der Waals surface area contributed by atoms with E-state index in [1.165, 1.54) is 18.4 Å². The number of aromatic nitrogens is 2. The first-order valence-electron chi connectivity index (χ1n) is 7.44. The van der Waals surface area contributed by atoms with E-state index < -0.39 is 0 Å². The van der Waals surface area contributed by atoms with Crippen molar-refractivity contribution in [3.8, 4) is 0 Å². The quantitative estimate of drug-likeness (QED) is 0.884. The highest BCUT2D eigenvalue weighted by Gasteiger charge is 2.19. The van der Waals surface area contributed by atoms with Gasteiger partial charge in [0.2, 0.25) is 5.95 Å². The zero-order valence-electron chi connectivity index (χ0n) is 12.7. The van der Waals surface area contributed by atoms with Gasteiger partial charge in [0.1, 0.15) is 0 Å². The van der Waals surface area contributed by atoms with Crippen LogP contribution in [0.1, 0.15) is 49.6 Å². The summed E-state index contributed by atoms with van der Waals surface area (Å²) in [7, 11) is 0. The number of hydrogen-bond acceptors (Lipinski definition) is 4. The molecule has 4 nitrogen and oxygen atoms in total. The molecule has 1 saturated heterocycles. The fourth-order valence-corrected chi connectivity index (χ4v) is 2.94. The number of likely N-dealkylation sites (N-methyl/N-ethyl adjacent to an activating group) is 1. The lowest BCUT2D eigenvalue weighted by Crippen LogP contribution is -2.24. The van der Waals surface area contributed by atoms with Crippen LogP contribution in [0.15, 0.2) is 0 Å². The van der Waals surface area contributed by atoms with Crippen molar-refractivity contribution in [3.05, 3.63) is 17.0 Å². The first-order chi connectivity index (χ1) is 9.13. The molecule has 1 atom stereocenters. The molecule has 0 radical (unpaired) electrons. The second kappa shape index (κ2) is 6.33. The van der Waals surface area contributed by atoms with E-state index >= 15 is 0 Å². The van der Waals surface area contributed by atoms with Crippen LogP contribution in [0.3, 0.4) is 0 Å². The second-order valence-corrected chi connectivity index (χ2v) is 5.51. The Bertz CT molecular complexity index is 401. The van der Waals surface area contributed by atoms with Gasteiger partial charge in [0.25, 0.3) is 0 Å². The lowest BCUT2D eigenvalue weighted by molar-refractivity contribution is 0.624. The standard InChI is InChI=1S/C15H26N4/c1-5-16-10-11(2)14-12(3)17-15(18-13(14)4)19-8-6-7-9-19/h11,16H,5-10H2,1-4H3. The molecule has 1 aromatic heterocycles. The minimum atomic E-state index is 0.465. The number of hydrogen-bond donors (Lipinski definition) is 1. The molecule has 0 aromatic carbocycles. The molecule has 1 aromatic rings. The molecule has 1 N–H and O–H groups in total. The van der Waals surface area contributed by atoms with Crippen LogP contribution in [-0.4, -0.2) is 36.1 Å². The maximum Gasteiger partial charge on any atom is 0.225 e. The van der Waals surface area contributed by atoms with Crippen LogP contribution in [0.25, 0.3) is 0 Å². The summed E-state index contributed by atoms with van der Waals surface area (Å²) in [6.07, 6.45) is 2.53. The summed E-state index contributed by atoms with van der Waals surface area (Å²) in [5.74, 6) is 1.39. The largest absolute Gasteiger partial charge is 0.341 e. The van der Waals surface area contributed by atoms with Gasteiger partial charge in [-0.15, -0.1) is 0 Å². The fourth-order valence-electron chi connectivity index (χ4n) is 2.94. The van der Waals surface area contributed by atoms with Gasteiger partial charge in [-0.25, -0.2) is 9.97 Å². The third kappa shape index (κ3) is 3.24. The van der Waals surface area contributed by atoms with E-state index in [4.69, 9.17) is 9.97 Å². The molecule has 2 rings (SSSR count). The summed E-state index contributed by atoms with van der Waals surface area (Å²) in [6.45, 7) is 12.8. The van der Waals surface area contributed by atoms with Crippen molar-refractivity contribution >= 4 is 5.95 Å². The Morgan fingerprint density at radius 3 is 2.26 bits per heavy atom. The van der Waals surface area contributed by atoms with Gasteiger partial charge in [-0.2, -0.15) is 0 Å². The van der Waals surface area contributed by atoms with E-state index in [9.17, 15) is 0 Å². The minimum absolute atomic E-state index is 0.465. The summed E-state index contributed by atoms with van der Waals surface area (Å²) >= 11 is 0. The van der Waals surface area contributed by atoms with Crippen LogP contribution in [0.2, 0.25) is 0 Å². The van der Waals surface area contributed by atoms with Crippen LogP contribution in [0.5, 0.6) is 0 Å². The fraction of sp³-hybridized carbons (Fsp3) is 0.733. The SMILES string of the molecule is CCNCC(C)c1c(C)nc(N2CCCC2)nc1C. The van der Waals surface area contributed by atoms with Crippen LogP contribution in [0.4, 0.5) is 5.95 Å². The Morgan fingerprint density at radius 2 is 1.74 bits per heavy atom. The average molecular weight is 262 g/mol. The zero-order chi connectivity index (χ0) is 13.8. The van der Waals surface area contributed by atoms with E-state index in [0.29, 0.717) is 5.92 Å². The summed E-state index contributed by atoms with van der Waals surface area (Å²) in [6, 6.07) is 0. The molecule has 4 heteroatoms. The predicted molar refractivity (Wildman–Crippen MR) is 79.9 cm³/mol. The Kier molecular flexibility index (Phi) is 4.75. The number of rotatable bonds is 5. The van der Waals surface area contributed by atoms with Crippen molar-refractivity contribution < 1.29 is 0 Å².